The summed E-state index contributed by atoms with van der Waals surface area (Å²) >= 11 is 0. The summed E-state index contributed by atoms with van der Waals surface area (Å²) in [4.78, 5) is 2.47. The van der Waals surface area contributed by atoms with Crippen LogP contribution >= 0.6 is 0 Å². The van der Waals surface area contributed by atoms with Crippen molar-refractivity contribution in [3.05, 3.63) is 377 Å². The fourth-order valence-electron chi connectivity index (χ4n) is 14.2. The Labute approximate surface area is 500 Å². The molecule has 0 saturated heterocycles. The van der Waals surface area contributed by atoms with E-state index in [0.29, 0.717) is 0 Å². The summed E-state index contributed by atoms with van der Waals surface area (Å²) in [7, 11) is 0. The zero-order valence-electron chi connectivity index (χ0n) is 48.0. The largest absolute Gasteiger partial charge is 0.310 e. The molecule has 0 fully saturated rings. The topological polar surface area (TPSA) is 3.24 Å². The number of benzene rings is 13. The van der Waals surface area contributed by atoms with Crippen LogP contribution in [-0.2, 0) is 23.7 Å². The predicted octanol–water partition coefficient (Wildman–Crippen LogP) is 21.7. The van der Waals surface area contributed by atoms with Gasteiger partial charge in [-0.25, -0.2) is 0 Å². The van der Waals surface area contributed by atoms with Gasteiger partial charge in [0, 0.05) is 22.5 Å². The van der Waals surface area contributed by atoms with Crippen LogP contribution in [0.15, 0.2) is 322 Å². The zero-order valence-corrected chi connectivity index (χ0v) is 48.0. The molecular weight excluding hydrogens is 1020 g/mol. The van der Waals surface area contributed by atoms with Gasteiger partial charge >= 0.3 is 0 Å². The highest BCUT2D eigenvalue weighted by molar-refractivity contribution is 5.97. The fraction of sp³-hybridized carbons (Fsp3) is 0.0714. The molecule has 13 aromatic rings. The Morgan fingerprint density at radius 2 is 0.682 bits per heavy atom. The Morgan fingerprint density at radius 1 is 0.259 bits per heavy atom. The van der Waals surface area contributed by atoms with Crippen LogP contribution < -0.4 is 4.90 Å². The van der Waals surface area contributed by atoms with E-state index in [0.717, 1.165) is 29.9 Å². The molecule has 0 unspecified atom stereocenters. The molecule has 2 aliphatic rings. The highest BCUT2D eigenvalue weighted by Crippen LogP contribution is 2.59. The molecule has 1 heteroatoms. The second kappa shape index (κ2) is 21.4. The molecule has 2 aliphatic carbocycles. The molecule has 15 rings (SSSR count). The van der Waals surface area contributed by atoms with Crippen molar-refractivity contribution in [3.63, 3.8) is 0 Å². The molecule has 0 heterocycles. The first kappa shape index (κ1) is 51.5. The number of rotatable bonds is 13. The molecule has 0 saturated carbocycles. The molecule has 1 nitrogen and oxygen atoms in total. The molecule has 404 valence electrons. The lowest BCUT2D eigenvalue weighted by Crippen LogP contribution is -2.28. The first-order valence-corrected chi connectivity index (χ1v) is 29.9. The van der Waals surface area contributed by atoms with E-state index in [1.807, 2.05) is 0 Å². The fourth-order valence-corrected chi connectivity index (χ4v) is 14.2. The first-order valence-electron chi connectivity index (χ1n) is 29.9. The molecule has 0 spiro atoms. The highest BCUT2D eigenvalue weighted by atomic mass is 15.1. The number of nitrogens with zero attached hydrogens (tertiary/aromatic N) is 1. The van der Waals surface area contributed by atoms with E-state index < -0.39 is 5.41 Å². The normalized spacial score (nSPS) is 13.1. The lowest BCUT2D eigenvalue weighted by molar-refractivity contribution is 0.660. The third-order valence-electron chi connectivity index (χ3n) is 18.3. The average molecular weight is 1090 g/mol. The van der Waals surface area contributed by atoms with Gasteiger partial charge in [-0.15, -0.1) is 0 Å². The zero-order chi connectivity index (χ0) is 56.9. The van der Waals surface area contributed by atoms with Crippen molar-refractivity contribution in [3.8, 4) is 66.8 Å². The maximum atomic E-state index is 2.51. The van der Waals surface area contributed by atoms with Crippen LogP contribution in [0, 0.1) is 0 Å². The van der Waals surface area contributed by atoms with E-state index >= 15 is 0 Å². The Morgan fingerprint density at radius 3 is 1.31 bits per heavy atom. The molecule has 13 aromatic carbocycles. The van der Waals surface area contributed by atoms with Crippen molar-refractivity contribution >= 4 is 17.1 Å². The number of fused-ring (bicyclic) bond motifs is 6. The molecular formula is C84H63N. The second-order valence-corrected chi connectivity index (χ2v) is 23.5. The monoisotopic (exact) mass is 1090 g/mol. The number of hydrogen-bond acceptors (Lipinski definition) is 1. The van der Waals surface area contributed by atoms with Gasteiger partial charge in [0.05, 0.1) is 5.41 Å². The van der Waals surface area contributed by atoms with Crippen LogP contribution in [0.5, 0.6) is 0 Å². The predicted molar refractivity (Wildman–Crippen MR) is 356 cm³/mol. The molecule has 85 heavy (non-hydrogen) atoms. The molecule has 0 aliphatic heterocycles. The minimum absolute atomic E-state index is 0.155. The molecule has 0 atom stereocenters. The van der Waals surface area contributed by atoms with E-state index in [2.05, 4.69) is 340 Å². The maximum Gasteiger partial charge on any atom is 0.0714 e. The third kappa shape index (κ3) is 9.03. The standard InChI is InChI=1S/C84H63N/c1-83(2)78-38-22-21-36-75(78)76-51-47-71(57-80(76)83)85(69-44-40-61(41-45-69)60-28-13-5-14-29-60)70-46-50-73(66(55-70)53-59-26-11-4-12-27-59)72-48-42-63(54-65(72)52-58-24-9-3-10-25-58)64-43-49-77-81(56-64)84(67-32-17-7-18-33-67,68-34-19-8-20-35-68)79-39-23-37-74(82(77)79)62-30-15-6-16-31-62/h3-51,54-57H,52-53H2,1-2H3. The first-order chi connectivity index (χ1) is 41.9. The summed E-state index contributed by atoms with van der Waals surface area (Å²) < 4.78 is 0. The van der Waals surface area contributed by atoms with Crippen molar-refractivity contribution in [1.29, 1.82) is 0 Å². The van der Waals surface area contributed by atoms with Gasteiger partial charge in [0.25, 0.3) is 0 Å². The number of anilines is 3. The Balaban J connectivity index is 0.905. The van der Waals surface area contributed by atoms with E-state index in [4.69, 9.17) is 0 Å². The minimum atomic E-state index is -0.562. The maximum absolute atomic E-state index is 2.51. The second-order valence-electron chi connectivity index (χ2n) is 23.5. The SMILES string of the molecule is CC1(C)c2ccccc2-c2ccc(N(c3ccc(-c4ccccc4)cc3)c3ccc(-c4ccc(-c5ccc6c(c5)C(c5ccccc5)(c5ccccc5)c5cccc(-c7ccccc7)c5-6)cc4Cc4ccccc4)c(Cc4ccccc4)c3)cc21. The summed E-state index contributed by atoms with van der Waals surface area (Å²) in [5, 5.41) is 0. The molecule has 0 N–H and O–H groups in total. The lowest BCUT2D eigenvalue weighted by atomic mass is 9.67. The Bertz CT molecular complexity index is 4530. The van der Waals surface area contributed by atoms with Gasteiger partial charge in [-0.3, -0.25) is 0 Å². The van der Waals surface area contributed by atoms with Crippen molar-refractivity contribution in [1.82, 2.24) is 0 Å². The van der Waals surface area contributed by atoms with Crippen LogP contribution in [0.2, 0.25) is 0 Å². The van der Waals surface area contributed by atoms with Crippen LogP contribution in [0.4, 0.5) is 17.1 Å². The molecule has 0 aromatic heterocycles. The number of hydrogen-bond donors (Lipinski definition) is 0. The molecule has 0 radical (unpaired) electrons. The van der Waals surface area contributed by atoms with Crippen molar-refractivity contribution < 1.29 is 0 Å². The van der Waals surface area contributed by atoms with Crippen molar-refractivity contribution in [2.75, 3.05) is 4.90 Å². The van der Waals surface area contributed by atoms with Crippen LogP contribution in [-0.4, -0.2) is 0 Å². The summed E-state index contributed by atoms with van der Waals surface area (Å²) in [5.74, 6) is 0. The van der Waals surface area contributed by atoms with Crippen LogP contribution in [0.1, 0.15) is 69.5 Å². The third-order valence-corrected chi connectivity index (χ3v) is 18.3. The van der Waals surface area contributed by atoms with Crippen molar-refractivity contribution in [2.24, 2.45) is 0 Å². The molecule has 0 bridgehead atoms. The van der Waals surface area contributed by atoms with Crippen molar-refractivity contribution in [2.45, 2.75) is 37.5 Å². The van der Waals surface area contributed by atoms with E-state index in [9.17, 15) is 0 Å². The van der Waals surface area contributed by atoms with Gasteiger partial charge in [0.15, 0.2) is 0 Å². The van der Waals surface area contributed by atoms with Gasteiger partial charge in [-0.1, -0.05) is 293 Å². The smallest absolute Gasteiger partial charge is 0.0714 e. The lowest BCUT2D eigenvalue weighted by Gasteiger charge is -2.34. The Kier molecular flexibility index (Phi) is 13.0. The van der Waals surface area contributed by atoms with Gasteiger partial charge in [0.1, 0.15) is 0 Å². The van der Waals surface area contributed by atoms with Gasteiger partial charge < -0.3 is 4.90 Å². The van der Waals surface area contributed by atoms with E-state index in [1.165, 1.54) is 122 Å². The summed E-state index contributed by atoms with van der Waals surface area (Å²) in [6, 6.07) is 120. The van der Waals surface area contributed by atoms with Gasteiger partial charge in [0.2, 0.25) is 0 Å². The van der Waals surface area contributed by atoms with Crippen LogP contribution in [0.25, 0.3) is 66.8 Å². The minimum Gasteiger partial charge on any atom is -0.310 e. The van der Waals surface area contributed by atoms with E-state index in [-0.39, 0.29) is 5.41 Å². The Hall–Kier alpha value is -10.3. The molecule has 0 amide bonds. The summed E-state index contributed by atoms with van der Waals surface area (Å²) in [5.41, 5.74) is 30.5. The summed E-state index contributed by atoms with van der Waals surface area (Å²) in [6.45, 7) is 4.75. The van der Waals surface area contributed by atoms with Crippen LogP contribution in [0.3, 0.4) is 0 Å². The van der Waals surface area contributed by atoms with E-state index in [1.54, 1.807) is 0 Å². The van der Waals surface area contributed by atoms with Gasteiger partial charge in [-0.05, 0) is 178 Å². The quantitative estimate of drug-likeness (QED) is 0.111. The average Bonchev–Trinajstić information content (AvgIpc) is 1.69. The van der Waals surface area contributed by atoms with Gasteiger partial charge in [-0.2, -0.15) is 0 Å². The summed E-state index contributed by atoms with van der Waals surface area (Å²) in [6.07, 6.45) is 1.54. The highest BCUT2D eigenvalue weighted by Gasteiger charge is 2.47.